The lowest BCUT2D eigenvalue weighted by Crippen LogP contribution is -1.93. The summed E-state index contributed by atoms with van der Waals surface area (Å²) in [5, 5.41) is 4.51. The van der Waals surface area contributed by atoms with Crippen LogP contribution in [0.15, 0.2) is 70.5 Å². The van der Waals surface area contributed by atoms with E-state index in [9.17, 15) is 9.59 Å². The standard InChI is InChI=1S/2C12H10N2O.ClH.H2O/c2*1-7-12-10(4-5-13-7)9-3-2-8(15)6-11(9)14-12;;/h2*2-6,13-14H,1H3;1H;1H2. The minimum atomic E-state index is 0. The summed E-state index contributed by atoms with van der Waals surface area (Å²) < 4.78 is 0. The van der Waals surface area contributed by atoms with Crippen LogP contribution in [-0.4, -0.2) is 25.4 Å². The summed E-state index contributed by atoms with van der Waals surface area (Å²) in [6, 6.07) is 14.2. The van der Waals surface area contributed by atoms with Crippen LogP contribution in [0.1, 0.15) is 11.4 Å². The van der Waals surface area contributed by atoms with Gasteiger partial charge in [0.2, 0.25) is 0 Å². The number of aromatic amines is 4. The highest BCUT2D eigenvalue weighted by atomic mass is 35.5. The highest BCUT2D eigenvalue weighted by Crippen LogP contribution is 2.25. The second kappa shape index (κ2) is 8.74. The molecule has 2 aromatic carbocycles. The van der Waals surface area contributed by atoms with Crippen molar-refractivity contribution >= 4 is 56.0 Å². The molecule has 0 atom stereocenters. The number of hydrogen-bond donors (Lipinski definition) is 4. The highest BCUT2D eigenvalue weighted by Gasteiger charge is 2.06. The molecule has 0 radical (unpaired) electrons. The van der Waals surface area contributed by atoms with E-state index in [2.05, 4.69) is 19.9 Å². The number of halogens is 1. The summed E-state index contributed by atoms with van der Waals surface area (Å²) in [6.07, 6.45) is 3.83. The van der Waals surface area contributed by atoms with Gasteiger partial charge in [-0.2, -0.15) is 0 Å². The number of rotatable bonds is 0. The van der Waals surface area contributed by atoms with Crippen LogP contribution in [0.5, 0.6) is 0 Å². The van der Waals surface area contributed by atoms with Gasteiger partial charge in [0.05, 0.1) is 22.1 Å². The summed E-state index contributed by atoms with van der Waals surface area (Å²) in [5.41, 5.74) is 6.18. The molecule has 6 rings (SSSR count). The van der Waals surface area contributed by atoms with Crippen molar-refractivity contribution in [2.75, 3.05) is 0 Å². The first-order chi connectivity index (χ1) is 14.5. The fourth-order valence-electron chi connectivity index (χ4n) is 3.98. The zero-order valence-electron chi connectivity index (χ0n) is 17.5. The number of fused-ring (bicyclic) bond motifs is 6. The first-order valence-corrected chi connectivity index (χ1v) is 9.71. The molecule has 6 aromatic rings. The Kier molecular flexibility index (Phi) is 6.25. The van der Waals surface area contributed by atoms with Gasteiger partial charge in [-0.05, 0) is 50.2 Å². The van der Waals surface area contributed by atoms with Crippen LogP contribution < -0.4 is 10.9 Å². The summed E-state index contributed by atoms with van der Waals surface area (Å²) in [4.78, 5) is 35.2. The van der Waals surface area contributed by atoms with E-state index < -0.39 is 0 Å². The molecule has 164 valence electrons. The van der Waals surface area contributed by atoms with Crippen molar-refractivity contribution < 1.29 is 5.48 Å². The molecule has 0 aliphatic carbocycles. The van der Waals surface area contributed by atoms with E-state index in [1.54, 1.807) is 24.3 Å². The summed E-state index contributed by atoms with van der Waals surface area (Å²) in [7, 11) is 0. The van der Waals surface area contributed by atoms with Gasteiger partial charge < -0.3 is 25.4 Å². The van der Waals surface area contributed by atoms with Gasteiger partial charge in [0.1, 0.15) is 0 Å². The third kappa shape index (κ3) is 3.79. The SMILES string of the molecule is Cc1[nH]ccc2c1[nH]c1cc(=O)ccc12.Cc1[nH]ccc2c1[nH]c1cc(=O)ccc12.Cl.O. The Hall–Kier alpha value is -3.81. The number of pyridine rings is 2. The fraction of sp³-hybridized carbons (Fsp3) is 0.0833. The Balaban J connectivity index is 0.000000170. The predicted octanol–water partition coefficient (Wildman–Crippen LogP) is 4.23. The van der Waals surface area contributed by atoms with E-state index >= 15 is 0 Å². The Morgan fingerprint density at radius 3 is 1.41 bits per heavy atom. The van der Waals surface area contributed by atoms with Gasteiger partial charge in [0.15, 0.2) is 10.9 Å². The number of H-pyrrole nitrogens is 4. The van der Waals surface area contributed by atoms with Crippen molar-refractivity contribution in [1.82, 2.24) is 19.9 Å². The molecule has 6 N–H and O–H groups in total. The molecule has 0 fully saturated rings. The van der Waals surface area contributed by atoms with Crippen molar-refractivity contribution in [3.05, 3.63) is 92.8 Å². The maximum atomic E-state index is 11.2. The van der Waals surface area contributed by atoms with Gasteiger partial charge >= 0.3 is 0 Å². The molecule has 8 heteroatoms. The van der Waals surface area contributed by atoms with Crippen LogP contribution in [0.4, 0.5) is 0 Å². The first-order valence-electron chi connectivity index (χ1n) is 9.71. The van der Waals surface area contributed by atoms with Crippen LogP contribution in [0.25, 0.3) is 43.6 Å². The van der Waals surface area contributed by atoms with Gasteiger partial charge in [0, 0.05) is 57.5 Å². The second-order valence-corrected chi connectivity index (χ2v) is 7.45. The average Bonchev–Trinajstić information content (AvgIpc) is 3.28. The van der Waals surface area contributed by atoms with Gasteiger partial charge in [-0.25, -0.2) is 0 Å². The quantitative estimate of drug-likeness (QED) is 0.276. The smallest absolute Gasteiger partial charge is 0.180 e. The lowest BCUT2D eigenvalue weighted by Gasteiger charge is -1.94. The number of hydrogen-bond acceptors (Lipinski definition) is 2. The lowest BCUT2D eigenvalue weighted by molar-refractivity contribution is 0.824. The van der Waals surface area contributed by atoms with Gasteiger partial charge in [-0.3, -0.25) is 9.59 Å². The van der Waals surface area contributed by atoms with Crippen molar-refractivity contribution in [1.29, 1.82) is 0 Å². The minimum Gasteiger partial charge on any atom is -0.412 e. The third-order valence-electron chi connectivity index (χ3n) is 5.47. The monoisotopic (exact) mass is 450 g/mol. The summed E-state index contributed by atoms with van der Waals surface area (Å²) in [5.74, 6) is 0. The maximum absolute atomic E-state index is 11.2. The average molecular weight is 451 g/mol. The second-order valence-electron chi connectivity index (χ2n) is 7.45. The van der Waals surface area contributed by atoms with Crippen LogP contribution in [0.2, 0.25) is 0 Å². The van der Waals surface area contributed by atoms with Gasteiger partial charge in [-0.1, -0.05) is 0 Å². The lowest BCUT2D eigenvalue weighted by atomic mass is 10.2. The van der Waals surface area contributed by atoms with Crippen molar-refractivity contribution in [3.63, 3.8) is 0 Å². The zero-order valence-corrected chi connectivity index (χ0v) is 18.3. The molecule has 0 aliphatic rings. The molecule has 4 aromatic heterocycles. The van der Waals surface area contributed by atoms with Crippen LogP contribution in [-0.2, 0) is 0 Å². The molecule has 0 bridgehead atoms. The molecule has 0 unspecified atom stereocenters. The molecule has 4 heterocycles. The molecule has 0 saturated heterocycles. The Morgan fingerprint density at radius 1 is 0.594 bits per heavy atom. The van der Waals surface area contributed by atoms with Crippen LogP contribution >= 0.6 is 12.4 Å². The van der Waals surface area contributed by atoms with Crippen molar-refractivity contribution in [2.24, 2.45) is 0 Å². The Labute approximate surface area is 188 Å². The number of nitrogens with one attached hydrogen (secondary N) is 4. The molecule has 32 heavy (non-hydrogen) atoms. The molecular weight excluding hydrogens is 428 g/mol. The van der Waals surface area contributed by atoms with E-state index in [0.29, 0.717) is 0 Å². The molecular formula is C24H23ClN4O3. The molecule has 0 aliphatic heterocycles. The Bertz CT molecular complexity index is 1550. The summed E-state index contributed by atoms with van der Waals surface area (Å²) >= 11 is 0. The third-order valence-corrected chi connectivity index (χ3v) is 5.47. The van der Waals surface area contributed by atoms with Gasteiger partial charge in [0.25, 0.3) is 0 Å². The van der Waals surface area contributed by atoms with Crippen LogP contribution in [0, 0.1) is 13.8 Å². The maximum Gasteiger partial charge on any atom is 0.180 e. The van der Waals surface area contributed by atoms with E-state index in [1.807, 2.05) is 50.5 Å². The Morgan fingerprint density at radius 2 is 1.00 bits per heavy atom. The normalized spacial score (nSPS) is 10.6. The van der Waals surface area contributed by atoms with Gasteiger partial charge in [-0.15, -0.1) is 12.4 Å². The van der Waals surface area contributed by atoms with E-state index in [0.717, 1.165) is 55.0 Å². The predicted molar refractivity (Wildman–Crippen MR) is 133 cm³/mol. The zero-order chi connectivity index (χ0) is 20.8. The summed E-state index contributed by atoms with van der Waals surface area (Å²) in [6.45, 7) is 4.02. The highest BCUT2D eigenvalue weighted by molar-refractivity contribution is 6.08. The molecule has 0 spiro atoms. The number of aromatic nitrogens is 4. The topological polar surface area (TPSA) is 129 Å². The van der Waals surface area contributed by atoms with Crippen LogP contribution in [0.3, 0.4) is 0 Å². The van der Waals surface area contributed by atoms with E-state index in [4.69, 9.17) is 0 Å². The number of benzene rings is 2. The van der Waals surface area contributed by atoms with Crippen molar-refractivity contribution in [2.45, 2.75) is 13.8 Å². The molecule has 7 nitrogen and oxygen atoms in total. The fourth-order valence-corrected chi connectivity index (χ4v) is 3.98. The van der Waals surface area contributed by atoms with E-state index in [-0.39, 0.29) is 28.7 Å². The number of aryl methyl sites for hydroxylation is 2. The van der Waals surface area contributed by atoms with Crippen molar-refractivity contribution in [3.8, 4) is 0 Å². The van der Waals surface area contributed by atoms with E-state index in [1.165, 1.54) is 0 Å². The molecule has 0 saturated carbocycles. The largest absolute Gasteiger partial charge is 0.412 e. The first kappa shape index (κ1) is 22.9. The minimum absolute atomic E-state index is 0. The molecule has 0 amide bonds.